The first-order chi connectivity index (χ1) is 9.69. The number of carbonyl (C=O) groups is 1. The molecule has 0 aromatic carbocycles. The second-order valence-electron chi connectivity index (χ2n) is 4.53. The number of carbonyl (C=O) groups excluding carboxylic acids is 1. The van der Waals surface area contributed by atoms with Crippen molar-refractivity contribution in [2.24, 2.45) is 0 Å². The molecule has 1 fully saturated rings. The Kier molecular flexibility index (Phi) is 2.97. The predicted octanol–water partition coefficient (Wildman–Crippen LogP) is 0.562. The highest BCUT2D eigenvalue weighted by Crippen LogP contribution is 2.36. The van der Waals surface area contributed by atoms with Crippen LogP contribution < -0.4 is 15.5 Å². The molecule has 0 atom stereocenters. The van der Waals surface area contributed by atoms with E-state index in [0.29, 0.717) is 12.0 Å². The molecular weight excluding hydrogens is 262 g/mol. The van der Waals surface area contributed by atoms with Gasteiger partial charge in [-0.25, -0.2) is 0 Å². The number of nitrogens with one attached hydrogen (secondary N) is 2. The summed E-state index contributed by atoms with van der Waals surface area (Å²) < 4.78 is 6.66. The monoisotopic (exact) mass is 275 g/mol. The zero-order chi connectivity index (χ0) is 14.1. The average Bonchev–Trinajstić information content (AvgIpc) is 3.19. The number of rotatable bonds is 4. The minimum absolute atomic E-state index is 0.140. The van der Waals surface area contributed by atoms with Gasteiger partial charge in [-0.1, -0.05) is 0 Å². The van der Waals surface area contributed by atoms with Crippen LogP contribution in [0.4, 0.5) is 5.95 Å². The highest BCUT2D eigenvalue weighted by Gasteiger charge is 2.27. The van der Waals surface area contributed by atoms with Crippen molar-refractivity contribution in [3.8, 4) is 5.75 Å². The maximum atomic E-state index is 12.1. The first kappa shape index (κ1) is 12.4. The number of aromatic nitrogens is 4. The molecule has 0 spiro atoms. The quantitative estimate of drug-likeness (QED) is 0.849. The summed E-state index contributed by atoms with van der Waals surface area (Å²) in [6, 6.07) is 1.54. The molecule has 8 nitrogen and oxygen atoms in total. The van der Waals surface area contributed by atoms with Crippen LogP contribution in [0.2, 0.25) is 0 Å². The zero-order valence-corrected chi connectivity index (χ0v) is 10.8. The number of amides is 1. The van der Waals surface area contributed by atoms with E-state index in [1.54, 1.807) is 6.33 Å². The van der Waals surface area contributed by atoms with Crippen LogP contribution >= 0.6 is 0 Å². The summed E-state index contributed by atoms with van der Waals surface area (Å²) in [7, 11) is 1.39. The van der Waals surface area contributed by atoms with E-state index in [0.717, 1.165) is 12.8 Å². The summed E-state index contributed by atoms with van der Waals surface area (Å²) >= 11 is 0. The van der Waals surface area contributed by atoms with Gasteiger partial charge in [0.25, 0.3) is 5.91 Å². The Morgan fingerprint density at radius 2 is 2.35 bits per heavy atom. The fourth-order valence-electron chi connectivity index (χ4n) is 1.87. The van der Waals surface area contributed by atoms with Gasteiger partial charge < -0.3 is 9.72 Å². The van der Waals surface area contributed by atoms with Gasteiger partial charge in [0.05, 0.1) is 7.11 Å². The summed E-state index contributed by atoms with van der Waals surface area (Å²) in [4.78, 5) is 26.4. The Morgan fingerprint density at radius 1 is 1.55 bits per heavy atom. The highest BCUT2D eigenvalue weighted by atomic mass is 16.5. The van der Waals surface area contributed by atoms with Crippen LogP contribution in [0.1, 0.15) is 29.4 Å². The third-order valence-electron chi connectivity index (χ3n) is 3.08. The lowest BCUT2D eigenvalue weighted by molar-refractivity contribution is 0.102. The lowest BCUT2D eigenvalue weighted by atomic mass is 10.3. The number of ether oxygens (including phenoxy) is 1. The number of nitrogens with zero attached hydrogens (tertiary/aromatic N) is 3. The summed E-state index contributed by atoms with van der Waals surface area (Å²) in [6.07, 6.45) is 5.05. The van der Waals surface area contributed by atoms with E-state index >= 15 is 0 Å². The molecule has 8 heteroatoms. The fraction of sp³-hybridized carbons (Fsp3) is 0.333. The Hall–Kier alpha value is -2.64. The second-order valence-corrected chi connectivity index (χ2v) is 4.53. The first-order valence-electron chi connectivity index (χ1n) is 6.16. The molecule has 1 amide bonds. The van der Waals surface area contributed by atoms with Gasteiger partial charge in [0.1, 0.15) is 12.0 Å². The topological polar surface area (TPSA) is 102 Å². The van der Waals surface area contributed by atoms with Gasteiger partial charge in [-0.2, -0.15) is 0 Å². The summed E-state index contributed by atoms with van der Waals surface area (Å²) in [5.41, 5.74) is -0.221. The maximum absolute atomic E-state index is 12.1. The summed E-state index contributed by atoms with van der Waals surface area (Å²) in [5, 5.41) is 10.3. The van der Waals surface area contributed by atoms with Gasteiger partial charge in [-0.15, -0.1) is 10.2 Å². The van der Waals surface area contributed by atoms with Gasteiger partial charge in [0.2, 0.25) is 11.4 Å². The number of hydrogen-bond donors (Lipinski definition) is 2. The molecule has 0 saturated heterocycles. The molecule has 0 unspecified atom stereocenters. The number of methoxy groups -OCH3 is 1. The Morgan fingerprint density at radius 3 is 3.00 bits per heavy atom. The van der Waals surface area contributed by atoms with E-state index in [9.17, 15) is 9.59 Å². The molecule has 2 aromatic rings. The zero-order valence-electron chi connectivity index (χ0n) is 10.8. The van der Waals surface area contributed by atoms with Crippen LogP contribution in [0.25, 0.3) is 0 Å². The number of hydrogen-bond acceptors (Lipinski definition) is 5. The van der Waals surface area contributed by atoms with E-state index in [1.807, 2.05) is 4.57 Å². The first-order valence-corrected chi connectivity index (χ1v) is 6.16. The summed E-state index contributed by atoms with van der Waals surface area (Å²) in [5.74, 6) is 0.0940. The molecule has 20 heavy (non-hydrogen) atoms. The Balaban J connectivity index is 1.80. The van der Waals surface area contributed by atoms with Crippen molar-refractivity contribution in [2.75, 3.05) is 12.4 Å². The molecule has 0 bridgehead atoms. The van der Waals surface area contributed by atoms with Gasteiger partial charge in [0.15, 0.2) is 5.75 Å². The van der Waals surface area contributed by atoms with Gasteiger partial charge in [-0.05, 0) is 12.8 Å². The molecule has 1 aliphatic carbocycles. The predicted molar refractivity (Wildman–Crippen MR) is 69.9 cm³/mol. The number of pyridine rings is 1. The third-order valence-corrected chi connectivity index (χ3v) is 3.08. The lowest BCUT2D eigenvalue weighted by Crippen LogP contribution is -2.19. The summed E-state index contributed by atoms with van der Waals surface area (Å²) in [6.45, 7) is 0. The van der Waals surface area contributed by atoms with Crippen molar-refractivity contribution in [3.63, 3.8) is 0 Å². The Bertz CT molecular complexity index is 701. The van der Waals surface area contributed by atoms with Crippen LogP contribution in [0.5, 0.6) is 5.75 Å². The molecule has 2 aromatic heterocycles. The molecule has 3 rings (SSSR count). The van der Waals surface area contributed by atoms with Gasteiger partial charge >= 0.3 is 0 Å². The molecule has 1 saturated carbocycles. The molecule has 1 aliphatic rings. The minimum Gasteiger partial charge on any atom is -0.491 e. The van der Waals surface area contributed by atoms with E-state index in [4.69, 9.17) is 4.74 Å². The largest absolute Gasteiger partial charge is 0.491 e. The Labute approximate surface area is 113 Å². The van der Waals surface area contributed by atoms with Crippen LogP contribution in [-0.4, -0.2) is 32.8 Å². The fourth-order valence-corrected chi connectivity index (χ4v) is 1.87. The maximum Gasteiger partial charge on any atom is 0.274 e. The van der Waals surface area contributed by atoms with E-state index in [-0.39, 0.29) is 16.9 Å². The van der Waals surface area contributed by atoms with Gasteiger partial charge in [-0.3, -0.25) is 19.5 Å². The molecule has 2 N–H and O–H groups in total. The number of aromatic amines is 1. The van der Waals surface area contributed by atoms with Crippen LogP contribution in [0, 0.1) is 0 Å². The van der Waals surface area contributed by atoms with Crippen molar-refractivity contribution >= 4 is 11.9 Å². The van der Waals surface area contributed by atoms with Crippen molar-refractivity contribution in [3.05, 3.63) is 34.5 Å². The smallest absolute Gasteiger partial charge is 0.274 e. The molecule has 2 heterocycles. The second kappa shape index (κ2) is 4.80. The molecular formula is C12H13N5O3. The normalized spacial score (nSPS) is 14.1. The van der Waals surface area contributed by atoms with Crippen LogP contribution in [-0.2, 0) is 0 Å². The van der Waals surface area contributed by atoms with Gasteiger partial charge in [0, 0.05) is 18.3 Å². The molecule has 0 aliphatic heterocycles. The van der Waals surface area contributed by atoms with E-state index in [2.05, 4.69) is 20.5 Å². The number of H-pyrrole nitrogens is 1. The van der Waals surface area contributed by atoms with Crippen molar-refractivity contribution in [1.29, 1.82) is 0 Å². The third kappa shape index (κ3) is 2.27. The SMILES string of the molecule is COc1c[nH]c(C(=O)Nc2nncn2C2CC2)cc1=O. The number of anilines is 1. The minimum atomic E-state index is -0.445. The van der Waals surface area contributed by atoms with Crippen molar-refractivity contribution < 1.29 is 9.53 Å². The highest BCUT2D eigenvalue weighted by molar-refractivity contribution is 6.01. The van der Waals surface area contributed by atoms with Crippen LogP contribution in [0.3, 0.4) is 0 Å². The standard InChI is InChI=1S/C12H13N5O3/c1-20-10-5-13-8(4-9(10)18)11(19)15-12-16-14-6-17(12)7-2-3-7/h4-7H,2-3H2,1H3,(H,13,18)(H,15,16,19). The van der Waals surface area contributed by atoms with E-state index < -0.39 is 5.91 Å². The molecule has 0 radical (unpaired) electrons. The lowest BCUT2D eigenvalue weighted by Gasteiger charge is -2.06. The van der Waals surface area contributed by atoms with Crippen molar-refractivity contribution in [2.45, 2.75) is 18.9 Å². The average molecular weight is 275 g/mol. The van der Waals surface area contributed by atoms with Crippen molar-refractivity contribution in [1.82, 2.24) is 19.7 Å². The molecule has 104 valence electrons. The van der Waals surface area contributed by atoms with Crippen LogP contribution in [0.15, 0.2) is 23.4 Å². The van der Waals surface area contributed by atoms with E-state index in [1.165, 1.54) is 19.4 Å².